The zero-order chi connectivity index (χ0) is 10.8. The maximum atomic E-state index is 11.9. The summed E-state index contributed by atoms with van der Waals surface area (Å²) in [5, 5.41) is 0. The number of rotatable bonds is 2. The minimum atomic E-state index is -4.72. The largest absolute Gasteiger partial charge is 0.573 e. The molecule has 78 valence electrons. The Bertz CT molecular complexity index is 325. The lowest BCUT2D eigenvalue weighted by molar-refractivity contribution is -0.275. The van der Waals surface area contributed by atoms with Gasteiger partial charge in [-0.3, -0.25) is 0 Å². The molecule has 0 spiro atoms. The Balaban J connectivity index is 2.98. The van der Waals surface area contributed by atoms with E-state index in [1.54, 1.807) is 0 Å². The van der Waals surface area contributed by atoms with Gasteiger partial charge in [0.25, 0.3) is 0 Å². The maximum absolute atomic E-state index is 11.9. The molecular formula is C8H7F3O2S. The molecule has 0 aliphatic heterocycles. The average Bonchev–Trinajstić information content (AvgIpc) is 2.06. The van der Waals surface area contributed by atoms with Crippen molar-refractivity contribution in [3.63, 3.8) is 0 Å². The molecule has 0 amide bonds. The number of hydrogen-bond donors (Lipinski definition) is 1. The molecule has 1 aromatic carbocycles. The van der Waals surface area contributed by atoms with E-state index < -0.39 is 6.36 Å². The lowest BCUT2D eigenvalue weighted by Gasteiger charge is -2.12. The van der Waals surface area contributed by atoms with Gasteiger partial charge in [-0.15, -0.1) is 25.8 Å². The Kier molecular flexibility index (Phi) is 3.15. The smallest absolute Gasteiger partial charge is 0.495 e. The van der Waals surface area contributed by atoms with Gasteiger partial charge in [0, 0.05) is 0 Å². The van der Waals surface area contributed by atoms with Crippen molar-refractivity contribution in [3.05, 3.63) is 18.2 Å². The van der Waals surface area contributed by atoms with Crippen molar-refractivity contribution in [1.29, 1.82) is 0 Å². The second kappa shape index (κ2) is 4.00. The second-order valence-corrected chi connectivity index (χ2v) is 2.80. The highest BCUT2D eigenvalue weighted by atomic mass is 32.1. The molecule has 0 aliphatic rings. The van der Waals surface area contributed by atoms with Crippen LogP contribution in [0.5, 0.6) is 11.5 Å². The normalized spacial score (nSPS) is 11.2. The molecule has 0 fully saturated rings. The summed E-state index contributed by atoms with van der Waals surface area (Å²) in [6.07, 6.45) is -4.72. The summed E-state index contributed by atoms with van der Waals surface area (Å²) >= 11 is 3.85. The molecule has 2 nitrogen and oxygen atoms in total. The Morgan fingerprint density at radius 2 is 1.79 bits per heavy atom. The molecule has 0 radical (unpaired) electrons. The van der Waals surface area contributed by atoms with E-state index in [4.69, 9.17) is 4.74 Å². The third kappa shape index (κ3) is 2.73. The van der Waals surface area contributed by atoms with Gasteiger partial charge in [0.05, 0.1) is 12.0 Å². The highest BCUT2D eigenvalue weighted by molar-refractivity contribution is 7.80. The molecule has 0 bridgehead atoms. The van der Waals surface area contributed by atoms with Gasteiger partial charge in [-0.2, -0.15) is 0 Å². The van der Waals surface area contributed by atoms with E-state index in [1.807, 2.05) is 0 Å². The van der Waals surface area contributed by atoms with E-state index in [9.17, 15) is 13.2 Å². The Hall–Kier alpha value is -1.04. The molecule has 0 aromatic heterocycles. The molecule has 1 aromatic rings. The predicted octanol–water partition coefficient (Wildman–Crippen LogP) is 2.88. The number of methoxy groups -OCH3 is 1. The summed E-state index contributed by atoms with van der Waals surface area (Å²) in [5.74, 6) is -0.143. The van der Waals surface area contributed by atoms with Crippen LogP contribution in [0.3, 0.4) is 0 Å². The lowest BCUT2D eigenvalue weighted by Crippen LogP contribution is -2.17. The van der Waals surface area contributed by atoms with Crippen molar-refractivity contribution in [1.82, 2.24) is 0 Å². The first-order valence-corrected chi connectivity index (χ1v) is 4.00. The number of benzene rings is 1. The monoisotopic (exact) mass is 224 g/mol. The van der Waals surface area contributed by atoms with Crippen LogP contribution in [0.2, 0.25) is 0 Å². The molecule has 0 atom stereocenters. The van der Waals surface area contributed by atoms with Gasteiger partial charge in [-0.25, -0.2) is 0 Å². The first-order valence-electron chi connectivity index (χ1n) is 3.56. The van der Waals surface area contributed by atoms with E-state index in [-0.39, 0.29) is 16.4 Å². The quantitative estimate of drug-likeness (QED) is 0.778. The Labute approximate surface area is 84.0 Å². The highest BCUT2D eigenvalue weighted by Crippen LogP contribution is 2.34. The summed E-state index contributed by atoms with van der Waals surface area (Å²) in [4.78, 5) is 0.0207. The third-order valence-electron chi connectivity index (χ3n) is 1.41. The number of ether oxygens (including phenoxy) is 2. The minimum Gasteiger partial charge on any atom is -0.495 e. The SMILES string of the molecule is COc1cccc(OC(F)(F)F)c1S. The topological polar surface area (TPSA) is 18.5 Å². The van der Waals surface area contributed by atoms with Gasteiger partial charge >= 0.3 is 6.36 Å². The predicted molar refractivity (Wildman–Crippen MR) is 46.9 cm³/mol. The summed E-state index contributed by atoms with van der Waals surface area (Å²) in [7, 11) is 1.34. The van der Waals surface area contributed by atoms with Crippen LogP contribution in [-0.2, 0) is 0 Å². The van der Waals surface area contributed by atoms with Gasteiger partial charge in [0.2, 0.25) is 0 Å². The van der Waals surface area contributed by atoms with Gasteiger partial charge in [-0.1, -0.05) is 6.07 Å². The molecule has 0 N–H and O–H groups in total. The molecule has 14 heavy (non-hydrogen) atoms. The van der Waals surface area contributed by atoms with Crippen LogP contribution in [0.25, 0.3) is 0 Å². The summed E-state index contributed by atoms with van der Waals surface area (Å²) in [6, 6.07) is 4.05. The van der Waals surface area contributed by atoms with Gasteiger partial charge in [0.15, 0.2) is 0 Å². The number of thiol groups is 1. The molecule has 0 heterocycles. The number of halogens is 3. The Morgan fingerprint density at radius 1 is 1.21 bits per heavy atom. The average molecular weight is 224 g/mol. The fourth-order valence-electron chi connectivity index (χ4n) is 0.874. The van der Waals surface area contributed by atoms with Crippen molar-refractivity contribution >= 4 is 12.6 Å². The minimum absolute atomic E-state index is 0.0207. The van der Waals surface area contributed by atoms with E-state index in [0.29, 0.717) is 0 Å². The summed E-state index contributed by atoms with van der Waals surface area (Å²) < 4.78 is 44.1. The molecule has 0 saturated heterocycles. The van der Waals surface area contributed by atoms with Crippen LogP contribution in [0.1, 0.15) is 0 Å². The van der Waals surface area contributed by atoms with Crippen molar-refractivity contribution in [2.75, 3.05) is 7.11 Å². The van der Waals surface area contributed by atoms with Crippen LogP contribution < -0.4 is 9.47 Å². The van der Waals surface area contributed by atoms with E-state index in [2.05, 4.69) is 17.4 Å². The van der Waals surface area contributed by atoms with E-state index in [0.717, 1.165) is 0 Å². The second-order valence-electron chi connectivity index (χ2n) is 2.35. The van der Waals surface area contributed by atoms with Crippen LogP contribution in [0.4, 0.5) is 13.2 Å². The Morgan fingerprint density at radius 3 is 2.29 bits per heavy atom. The highest BCUT2D eigenvalue weighted by Gasteiger charge is 2.32. The van der Waals surface area contributed by atoms with Gasteiger partial charge in [0.1, 0.15) is 11.5 Å². The summed E-state index contributed by atoms with van der Waals surface area (Å²) in [6.45, 7) is 0. The van der Waals surface area contributed by atoms with Crippen molar-refractivity contribution in [2.45, 2.75) is 11.3 Å². The zero-order valence-electron chi connectivity index (χ0n) is 7.13. The van der Waals surface area contributed by atoms with Crippen LogP contribution >= 0.6 is 12.6 Å². The number of hydrogen-bond acceptors (Lipinski definition) is 3. The van der Waals surface area contributed by atoms with E-state index in [1.165, 1.54) is 25.3 Å². The van der Waals surface area contributed by atoms with Gasteiger partial charge in [-0.05, 0) is 12.1 Å². The molecule has 0 saturated carbocycles. The fourth-order valence-corrected chi connectivity index (χ4v) is 1.16. The van der Waals surface area contributed by atoms with Crippen molar-refractivity contribution in [3.8, 4) is 11.5 Å². The van der Waals surface area contributed by atoms with Crippen LogP contribution in [-0.4, -0.2) is 13.5 Å². The number of alkyl halides is 3. The van der Waals surface area contributed by atoms with Crippen LogP contribution in [0.15, 0.2) is 23.1 Å². The molecule has 0 aliphatic carbocycles. The molecule has 0 unspecified atom stereocenters. The van der Waals surface area contributed by atoms with Crippen molar-refractivity contribution in [2.24, 2.45) is 0 Å². The standard InChI is InChI=1S/C8H7F3O2S/c1-12-5-3-2-4-6(7(5)14)13-8(9,10)11/h2-4,14H,1H3. The lowest BCUT2D eigenvalue weighted by atomic mass is 10.3. The molecule has 6 heteroatoms. The third-order valence-corrected chi connectivity index (χ3v) is 1.85. The van der Waals surface area contributed by atoms with Crippen molar-refractivity contribution < 1.29 is 22.6 Å². The first-order chi connectivity index (χ1) is 6.44. The zero-order valence-corrected chi connectivity index (χ0v) is 8.02. The summed E-state index contributed by atoms with van der Waals surface area (Å²) in [5.41, 5.74) is 0. The first kappa shape index (κ1) is 11.0. The van der Waals surface area contributed by atoms with Crippen LogP contribution in [0, 0.1) is 0 Å². The fraction of sp³-hybridized carbons (Fsp3) is 0.250. The van der Waals surface area contributed by atoms with Gasteiger partial charge < -0.3 is 9.47 Å². The molecule has 1 rings (SSSR count). The molecular weight excluding hydrogens is 217 g/mol. The van der Waals surface area contributed by atoms with E-state index >= 15 is 0 Å². The maximum Gasteiger partial charge on any atom is 0.573 e.